The Morgan fingerprint density at radius 1 is 1.45 bits per heavy atom. The van der Waals surface area contributed by atoms with Crippen LogP contribution < -0.4 is 0 Å². The summed E-state index contributed by atoms with van der Waals surface area (Å²) in [7, 11) is 0. The average molecular weight is 162 g/mol. The van der Waals surface area contributed by atoms with Gasteiger partial charge in [-0.1, -0.05) is 0 Å². The van der Waals surface area contributed by atoms with E-state index < -0.39 is 12.1 Å². The first-order valence-electron chi connectivity index (χ1n) is 3.82. The molecule has 4 heteroatoms. The van der Waals surface area contributed by atoms with Crippen molar-refractivity contribution in [1.82, 2.24) is 0 Å². The van der Waals surface area contributed by atoms with Crippen LogP contribution in [0.1, 0.15) is 13.8 Å². The zero-order valence-electron chi connectivity index (χ0n) is 6.87. The summed E-state index contributed by atoms with van der Waals surface area (Å²) in [6, 6.07) is 0. The molecule has 1 aliphatic rings. The van der Waals surface area contributed by atoms with Crippen molar-refractivity contribution < 1.29 is 19.3 Å². The van der Waals surface area contributed by atoms with Gasteiger partial charge in [-0.2, -0.15) is 0 Å². The molecule has 1 rings (SSSR count). The molecule has 1 fully saturated rings. The van der Waals surface area contributed by atoms with E-state index in [1.54, 1.807) is 0 Å². The third-order valence-electron chi connectivity index (χ3n) is 1.44. The summed E-state index contributed by atoms with van der Waals surface area (Å²) < 4.78 is 15.0. The summed E-state index contributed by atoms with van der Waals surface area (Å²) in [6.07, 6.45) is -0.627. The normalized spacial score (nSPS) is 29.5. The van der Waals surface area contributed by atoms with E-state index in [1.165, 1.54) is 0 Å². The van der Waals surface area contributed by atoms with Crippen molar-refractivity contribution in [3.05, 3.63) is 0 Å². The second-order valence-corrected chi connectivity index (χ2v) is 2.38. The number of epoxide rings is 1. The smallest absolute Gasteiger partial charge is 0.242 e. The van der Waals surface area contributed by atoms with Gasteiger partial charge in [0.25, 0.3) is 0 Å². The molecular weight excluding hydrogens is 148 g/mol. The Hall–Kier alpha value is -0.160. The van der Waals surface area contributed by atoms with Crippen LogP contribution in [0.4, 0.5) is 0 Å². The molecular formula is C7H14O4. The lowest BCUT2D eigenvalue weighted by molar-refractivity contribution is -0.229. The van der Waals surface area contributed by atoms with Gasteiger partial charge in [0.15, 0.2) is 0 Å². The highest BCUT2D eigenvalue weighted by atomic mass is 16.8. The van der Waals surface area contributed by atoms with E-state index in [1.807, 2.05) is 13.8 Å². The van der Waals surface area contributed by atoms with Crippen LogP contribution in [0.3, 0.4) is 0 Å². The third kappa shape index (κ3) is 2.13. The lowest BCUT2D eigenvalue weighted by Crippen LogP contribution is -2.35. The zero-order valence-corrected chi connectivity index (χ0v) is 6.87. The van der Waals surface area contributed by atoms with Gasteiger partial charge in [0.1, 0.15) is 6.61 Å². The Labute approximate surface area is 66.1 Å². The van der Waals surface area contributed by atoms with Crippen molar-refractivity contribution >= 4 is 0 Å². The molecule has 0 amide bonds. The van der Waals surface area contributed by atoms with E-state index in [9.17, 15) is 5.11 Å². The molecule has 0 aliphatic carbocycles. The minimum absolute atomic E-state index is 0.303. The van der Waals surface area contributed by atoms with Gasteiger partial charge < -0.3 is 19.3 Å². The molecule has 1 heterocycles. The number of ether oxygens (including phenoxy) is 3. The van der Waals surface area contributed by atoms with Crippen LogP contribution >= 0.6 is 0 Å². The summed E-state index contributed by atoms with van der Waals surface area (Å²) >= 11 is 0. The third-order valence-corrected chi connectivity index (χ3v) is 1.44. The van der Waals surface area contributed by atoms with E-state index >= 15 is 0 Å². The molecule has 0 saturated carbocycles. The maximum atomic E-state index is 9.38. The summed E-state index contributed by atoms with van der Waals surface area (Å²) in [5.41, 5.74) is 0. The topological polar surface area (TPSA) is 51.2 Å². The minimum atomic E-state index is -1.17. The van der Waals surface area contributed by atoms with Gasteiger partial charge in [0.05, 0.1) is 0 Å². The molecule has 11 heavy (non-hydrogen) atoms. The second kappa shape index (κ2) is 3.49. The fourth-order valence-corrected chi connectivity index (χ4v) is 0.821. The molecule has 0 aromatic carbocycles. The minimum Gasteiger partial charge on any atom is -0.360 e. The van der Waals surface area contributed by atoms with Gasteiger partial charge in [0, 0.05) is 13.2 Å². The van der Waals surface area contributed by atoms with Gasteiger partial charge in [-0.3, -0.25) is 0 Å². The van der Waals surface area contributed by atoms with Crippen molar-refractivity contribution in [3.63, 3.8) is 0 Å². The lowest BCUT2D eigenvalue weighted by atomic mass is 10.4. The first-order valence-corrected chi connectivity index (χ1v) is 3.82. The van der Waals surface area contributed by atoms with Gasteiger partial charge in [-0.25, -0.2) is 0 Å². The van der Waals surface area contributed by atoms with E-state index in [-0.39, 0.29) is 0 Å². The molecule has 0 aromatic heterocycles. The van der Waals surface area contributed by atoms with Gasteiger partial charge in [-0.15, -0.1) is 0 Å². The van der Waals surface area contributed by atoms with Crippen molar-refractivity contribution in [3.8, 4) is 0 Å². The number of rotatable bonds is 5. The standard InChI is InChI=1S/C7H14O4/c1-3-9-6(10-4-2)7(8)5-11-7/h6,8H,3-5H2,1-2H3. The molecule has 1 unspecified atom stereocenters. The van der Waals surface area contributed by atoms with Crippen molar-refractivity contribution in [1.29, 1.82) is 0 Å². The predicted octanol–water partition coefficient (Wildman–Crippen LogP) is 0.104. The van der Waals surface area contributed by atoms with E-state index in [2.05, 4.69) is 0 Å². The highest BCUT2D eigenvalue weighted by molar-refractivity contribution is 4.83. The molecule has 0 spiro atoms. The maximum Gasteiger partial charge on any atom is 0.242 e. The van der Waals surface area contributed by atoms with Crippen molar-refractivity contribution in [2.75, 3.05) is 19.8 Å². The molecule has 1 N–H and O–H groups in total. The summed E-state index contributed by atoms with van der Waals surface area (Å²) in [6.45, 7) is 5.01. The van der Waals surface area contributed by atoms with Crippen LogP contribution in [0.2, 0.25) is 0 Å². The lowest BCUT2D eigenvalue weighted by Gasteiger charge is -2.18. The van der Waals surface area contributed by atoms with Crippen LogP contribution in [0, 0.1) is 0 Å². The first kappa shape index (κ1) is 8.93. The van der Waals surface area contributed by atoms with Gasteiger partial charge >= 0.3 is 0 Å². The molecule has 66 valence electrons. The van der Waals surface area contributed by atoms with Crippen LogP contribution in [0.15, 0.2) is 0 Å². The zero-order chi connectivity index (χ0) is 8.32. The molecule has 0 aromatic rings. The highest BCUT2D eigenvalue weighted by Crippen LogP contribution is 2.29. The largest absolute Gasteiger partial charge is 0.360 e. The fraction of sp³-hybridized carbons (Fsp3) is 1.00. The molecule has 1 atom stereocenters. The van der Waals surface area contributed by atoms with Crippen LogP contribution in [-0.2, 0) is 14.2 Å². The number of aliphatic hydroxyl groups is 1. The maximum absolute atomic E-state index is 9.38. The van der Waals surface area contributed by atoms with E-state index in [0.29, 0.717) is 19.8 Å². The van der Waals surface area contributed by atoms with Crippen LogP contribution in [-0.4, -0.2) is 37.0 Å². The van der Waals surface area contributed by atoms with Crippen molar-refractivity contribution in [2.45, 2.75) is 25.9 Å². The monoisotopic (exact) mass is 162 g/mol. The highest BCUT2D eigenvalue weighted by Gasteiger charge is 2.52. The molecule has 1 aliphatic heterocycles. The average Bonchev–Trinajstić information content (AvgIpc) is 2.69. The summed E-state index contributed by atoms with van der Waals surface area (Å²) in [5.74, 6) is -1.17. The Balaban J connectivity index is 2.32. The Bertz CT molecular complexity index is 116. The Morgan fingerprint density at radius 3 is 2.18 bits per heavy atom. The summed E-state index contributed by atoms with van der Waals surface area (Å²) in [4.78, 5) is 0. The predicted molar refractivity (Wildman–Crippen MR) is 37.9 cm³/mol. The number of hydrogen-bond donors (Lipinski definition) is 1. The Kier molecular flexibility index (Phi) is 2.84. The molecule has 1 saturated heterocycles. The second-order valence-electron chi connectivity index (χ2n) is 2.38. The Morgan fingerprint density at radius 2 is 1.91 bits per heavy atom. The fourth-order valence-electron chi connectivity index (χ4n) is 0.821. The molecule has 4 nitrogen and oxygen atoms in total. The molecule has 0 radical (unpaired) electrons. The van der Waals surface area contributed by atoms with Crippen molar-refractivity contribution in [2.24, 2.45) is 0 Å². The number of hydrogen-bond acceptors (Lipinski definition) is 4. The van der Waals surface area contributed by atoms with E-state index in [0.717, 1.165) is 0 Å². The quantitative estimate of drug-likeness (QED) is 0.460. The van der Waals surface area contributed by atoms with E-state index in [4.69, 9.17) is 14.2 Å². The SMILES string of the molecule is CCOC(OCC)C1(O)CO1. The summed E-state index contributed by atoms with van der Waals surface area (Å²) in [5, 5.41) is 9.38. The van der Waals surface area contributed by atoms with Crippen LogP contribution in [0.5, 0.6) is 0 Å². The van der Waals surface area contributed by atoms with Gasteiger partial charge in [0.2, 0.25) is 12.1 Å². The van der Waals surface area contributed by atoms with Gasteiger partial charge in [-0.05, 0) is 13.8 Å². The first-order chi connectivity index (χ1) is 5.23. The van der Waals surface area contributed by atoms with Crippen LogP contribution in [0.25, 0.3) is 0 Å². The molecule has 0 bridgehead atoms.